The Morgan fingerprint density at radius 3 is 3.06 bits per heavy atom. The lowest BCUT2D eigenvalue weighted by atomic mass is 10.2. The van der Waals surface area contributed by atoms with Gasteiger partial charge in [0.15, 0.2) is 11.5 Å². The number of nitrogens with zero attached hydrogens (tertiary/aromatic N) is 4. The zero-order valence-electron chi connectivity index (χ0n) is 9.60. The normalized spacial score (nSPS) is 33.8. The predicted octanol–water partition coefficient (Wildman–Crippen LogP) is -0.0657. The minimum atomic E-state index is -0.0913. The summed E-state index contributed by atoms with van der Waals surface area (Å²) in [6.45, 7) is 0.0709. The molecular formula is C11H13N5O2. The number of aromatic nitrogens is 4. The summed E-state index contributed by atoms with van der Waals surface area (Å²) in [6.07, 6.45) is 4.06. The minimum absolute atomic E-state index is 0.0587. The van der Waals surface area contributed by atoms with Crippen LogP contribution in [-0.4, -0.2) is 37.3 Å². The number of nitrogens with two attached hydrogens (primary N) is 1. The van der Waals surface area contributed by atoms with Crippen LogP contribution in [0.4, 0.5) is 5.82 Å². The Morgan fingerprint density at radius 2 is 2.28 bits per heavy atom. The highest BCUT2D eigenvalue weighted by Gasteiger charge is 2.56. The molecule has 94 valence electrons. The number of rotatable bonds is 2. The molecule has 0 spiro atoms. The molecule has 18 heavy (non-hydrogen) atoms. The van der Waals surface area contributed by atoms with Gasteiger partial charge in [-0.25, -0.2) is 15.0 Å². The third kappa shape index (κ3) is 1.23. The summed E-state index contributed by atoms with van der Waals surface area (Å²) in [5.74, 6) is 1.30. The van der Waals surface area contributed by atoms with E-state index >= 15 is 0 Å². The molecule has 0 amide bonds. The average Bonchev–Trinajstić information content (AvgIpc) is 2.91. The molecule has 2 aliphatic rings. The summed E-state index contributed by atoms with van der Waals surface area (Å²) in [5.41, 5.74) is 7.05. The fraction of sp³-hybridized carbons (Fsp3) is 0.545. The van der Waals surface area contributed by atoms with Gasteiger partial charge in [-0.05, 0) is 12.3 Å². The van der Waals surface area contributed by atoms with E-state index in [1.807, 2.05) is 4.57 Å². The number of aliphatic hydroxyl groups is 1. The largest absolute Gasteiger partial charge is 0.394 e. The van der Waals surface area contributed by atoms with Gasteiger partial charge < -0.3 is 15.6 Å². The SMILES string of the molecule is Nc1ncnc2c1ncn2[C@@H]1O[C@H](CO)[C@@H]2C[C@@H]21. The molecule has 0 radical (unpaired) electrons. The Labute approximate surface area is 103 Å². The van der Waals surface area contributed by atoms with Gasteiger partial charge in [0.2, 0.25) is 0 Å². The molecule has 1 saturated carbocycles. The van der Waals surface area contributed by atoms with Crippen molar-refractivity contribution in [2.45, 2.75) is 18.8 Å². The molecule has 2 aromatic heterocycles. The van der Waals surface area contributed by atoms with Crippen LogP contribution < -0.4 is 5.73 Å². The van der Waals surface area contributed by atoms with Gasteiger partial charge >= 0.3 is 0 Å². The van der Waals surface area contributed by atoms with Gasteiger partial charge in [0, 0.05) is 5.92 Å². The number of anilines is 1. The fourth-order valence-corrected chi connectivity index (χ4v) is 2.88. The maximum absolute atomic E-state index is 9.24. The Hall–Kier alpha value is -1.73. The van der Waals surface area contributed by atoms with E-state index in [1.165, 1.54) is 6.33 Å². The van der Waals surface area contributed by atoms with Crippen molar-refractivity contribution in [1.82, 2.24) is 19.5 Å². The monoisotopic (exact) mass is 247 g/mol. The molecule has 0 bridgehead atoms. The second-order valence-corrected chi connectivity index (χ2v) is 4.89. The van der Waals surface area contributed by atoms with Crippen LogP contribution in [0.15, 0.2) is 12.7 Å². The van der Waals surface area contributed by atoms with E-state index in [-0.39, 0.29) is 18.9 Å². The van der Waals surface area contributed by atoms with Gasteiger partial charge in [-0.15, -0.1) is 0 Å². The highest BCUT2D eigenvalue weighted by atomic mass is 16.5. The quantitative estimate of drug-likeness (QED) is 0.771. The first-order valence-electron chi connectivity index (χ1n) is 5.99. The summed E-state index contributed by atoms with van der Waals surface area (Å²) in [4.78, 5) is 12.4. The number of aliphatic hydroxyl groups excluding tert-OH is 1. The van der Waals surface area contributed by atoms with Crippen LogP contribution in [0, 0.1) is 11.8 Å². The van der Waals surface area contributed by atoms with Crippen LogP contribution in [0.3, 0.4) is 0 Å². The van der Waals surface area contributed by atoms with Crippen molar-refractivity contribution in [2.75, 3.05) is 12.3 Å². The second-order valence-electron chi connectivity index (χ2n) is 4.89. The third-order valence-corrected chi connectivity index (χ3v) is 3.89. The topological polar surface area (TPSA) is 99.1 Å². The van der Waals surface area contributed by atoms with Crippen molar-refractivity contribution in [3.8, 4) is 0 Å². The number of nitrogen functional groups attached to an aromatic ring is 1. The maximum Gasteiger partial charge on any atom is 0.167 e. The minimum Gasteiger partial charge on any atom is -0.394 e. The molecular weight excluding hydrogens is 234 g/mol. The first kappa shape index (κ1) is 10.2. The van der Waals surface area contributed by atoms with E-state index < -0.39 is 0 Å². The fourth-order valence-electron chi connectivity index (χ4n) is 2.88. The van der Waals surface area contributed by atoms with Gasteiger partial charge in [-0.1, -0.05) is 0 Å². The van der Waals surface area contributed by atoms with Crippen molar-refractivity contribution in [1.29, 1.82) is 0 Å². The van der Waals surface area contributed by atoms with E-state index in [0.717, 1.165) is 6.42 Å². The van der Waals surface area contributed by atoms with E-state index in [2.05, 4.69) is 15.0 Å². The molecule has 7 nitrogen and oxygen atoms in total. The smallest absolute Gasteiger partial charge is 0.167 e. The molecule has 3 N–H and O–H groups in total. The van der Waals surface area contributed by atoms with Crippen LogP contribution >= 0.6 is 0 Å². The van der Waals surface area contributed by atoms with Crippen molar-refractivity contribution in [2.24, 2.45) is 11.8 Å². The molecule has 1 saturated heterocycles. The van der Waals surface area contributed by atoms with Crippen LogP contribution in [0.5, 0.6) is 0 Å². The first-order chi connectivity index (χ1) is 8.79. The summed E-state index contributed by atoms with van der Waals surface area (Å²) in [5, 5.41) is 9.24. The molecule has 1 aliphatic heterocycles. The average molecular weight is 247 g/mol. The summed E-state index contributed by atoms with van der Waals surface area (Å²) < 4.78 is 7.73. The van der Waals surface area contributed by atoms with Crippen LogP contribution in [0.25, 0.3) is 11.2 Å². The summed E-state index contributed by atoms with van der Waals surface area (Å²) in [6, 6.07) is 0. The predicted molar refractivity (Wildman–Crippen MR) is 62.3 cm³/mol. The zero-order valence-corrected chi connectivity index (χ0v) is 9.60. The van der Waals surface area contributed by atoms with Crippen LogP contribution in [0.2, 0.25) is 0 Å². The highest BCUT2D eigenvalue weighted by molar-refractivity contribution is 5.81. The number of hydrogen-bond donors (Lipinski definition) is 2. The molecule has 1 aliphatic carbocycles. The molecule has 4 atom stereocenters. The number of imidazole rings is 1. The van der Waals surface area contributed by atoms with Gasteiger partial charge in [-0.3, -0.25) is 4.57 Å². The van der Waals surface area contributed by atoms with E-state index in [9.17, 15) is 5.11 Å². The molecule has 4 rings (SSSR count). The lowest BCUT2D eigenvalue weighted by molar-refractivity contribution is -0.0479. The van der Waals surface area contributed by atoms with Gasteiger partial charge in [0.05, 0.1) is 19.0 Å². The summed E-state index contributed by atoms with van der Waals surface area (Å²) in [7, 11) is 0. The van der Waals surface area contributed by atoms with Gasteiger partial charge in [0.25, 0.3) is 0 Å². The molecule has 0 aromatic carbocycles. The Morgan fingerprint density at radius 1 is 1.39 bits per heavy atom. The van der Waals surface area contributed by atoms with Crippen LogP contribution in [-0.2, 0) is 4.74 Å². The van der Waals surface area contributed by atoms with Crippen molar-refractivity contribution >= 4 is 17.0 Å². The van der Waals surface area contributed by atoms with Gasteiger partial charge in [-0.2, -0.15) is 0 Å². The standard InChI is InChI=1S/C11H13N5O2/c12-9-8-10(14-3-13-9)16(4-15-8)11-6-1-5(6)7(2-17)18-11/h3-7,11,17H,1-2H2,(H2,12,13,14)/t5-,6+,7-,11-/m1/s1. The third-order valence-electron chi connectivity index (χ3n) is 3.89. The van der Waals surface area contributed by atoms with Crippen molar-refractivity contribution in [3.63, 3.8) is 0 Å². The molecule has 0 unspecified atom stereocenters. The second kappa shape index (κ2) is 3.39. The molecule has 2 fully saturated rings. The Balaban J connectivity index is 1.78. The highest BCUT2D eigenvalue weighted by Crippen LogP contribution is 2.56. The molecule has 7 heteroatoms. The maximum atomic E-state index is 9.24. The van der Waals surface area contributed by atoms with E-state index in [4.69, 9.17) is 10.5 Å². The van der Waals surface area contributed by atoms with Gasteiger partial charge in [0.1, 0.15) is 18.1 Å². The van der Waals surface area contributed by atoms with Crippen molar-refractivity contribution in [3.05, 3.63) is 12.7 Å². The zero-order chi connectivity index (χ0) is 12.3. The number of fused-ring (bicyclic) bond motifs is 2. The molecule has 2 aromatic rings. The number of hydrogen-bond acceptors (Lipinski definition) is 6. The Kier molecular flexibility index (Phi) is 1.93. The lowest BCUT2D eigenvalue weighted by Crippen LogP contribution is -2.19. The lowest BCUT2D eigenvalue weighted by Gasteiger charge is -2.17. The van der Waals surface area contributed by atoms with Crippen molar-refractivity contribution < 1.29 is 9.84 Å². The first-order valence-corrected chi connectivity index (χ1v) is 5.99. The summed E-state index contributed by atoms with van der Waals surface area (Å²) >= 11 is 0. The van der Waals surface area contributed by atoms with Crippen LogP contribution in [0.1, 0.15) is 12.6 Å². The van der Waals surface area contributed by atoms with E-state index in [1.54, 1.807) is 6.33 Å². The number of ether oxygens (including phenoxy) is 1. The van der Waals surface area contributed by atoms with E-state index in [0.29, 0.717) is 28.8 Å². The Bertz CT molecular complexity index is 612. The molecule has 3 heterocycles.